The van der Waals surface area contributed by atoms with Crippen molar-refractivity contribution in [2.24, 2.45) is 10.8 Å². The van der Waals surface area contributed by atoms with Gasteiger partial charge < -0.3 is 10.4 Å². The fraction of sp³-hybridized carbons (Fsp3) is 0.588. The molecule has 0 atom stereocenters. The van der Waals surface area contributed by atoms with Gasteiger partial charge in [0.2, 0.25) is 0 Å². The van der Waals surface area contributed by atoms with Crippen LogP contribution < -0.4 is 5.32 Å². The lowest BCUT2D eigenvalue weighted by Crippen LogP contribution is -2.56. The minimum Gasteiger partial charge on any atom is -0.480 e. The topological polar surface area (TPSA) is 49.3 Å². The van der Waals surface area contributed by atoms with E-state index >= 15 is 0 Å². The fourth-order valence-electron chi connectivity index (χ4n) is 4.22. The van der Waals surface area contributed by atoms with Gasteiger partial charge in [-0.1, -0.05) is 27.7 Å². The highest BCUT2D eigenvalue weighted by Gasteiger charge is 2.52. The molecule has 0 aliphatic heterocycles. The summed E-state index contributed by atoms with van der Waals surface area (Å²) in [5.41, 5.74) is -0.490. The highest BCUT2D eigenvalue weighted by Crippen LogP contribution is 2.51. The molecule has 0 saturated heterocycles. The number of benzene rings is 1. The third-order valence-electron chi connectivity index (χ3n) is 4.15. The van der Waals surface area contributed by atoms with Crippen molar-refractivity contribution in [1.82, 2.24) is 0 Å². The van der Waals surface area contributed by atoms with Crippen molar-refractivity contribution in [2.45, 2.75) is 52.5 Å². The van der Waals surface area contributed by atoms with Crippen LogP contribution in [0.4, 0.5) is 10.1 Å². The summed E-state index contributed by atoms with van der Waals surface area (Å²) in [7, 11) is 0. The number of rotatable bonds is 3. The Morgan fingerprint density at radius 1 is 1.05 bits per heavy atom. The van der Waals surface area contributed by atoms with E-state index in [1.165, 1.54) is 12.1 Å². The molecule has 2 N–H and O–H groups in total. The first-order chi connectivity index (χ1) is 9.54. The second-order valence-electron chi connectivity index (χ2n) is 7.88. The van der Waals surface area contributed by atoms with Crippen molar-refractivity contribution >= 4 is 11.7 Å². The van der Waals surface area contributed by atoms with Crippen LogP contribution in [0.2, 0.25) is 0 Å². The molecule has 1 aliphatic rings. The van der Waals surface area contributed by atoms with Crippen molar-refractivity contribution < 1.29 is 14.3 Å². The second kappa shape index (κ2) is 5.00. The van der Waals surface area contributed by atoms with E-state index in [1.54, 1.807) is 12.1 Å². The number of halogens is 1. The van der Waals surface area contributed by atoms with Crippen molar-refractivity contribution in [3.05, 3.63) is 30.1 Å². The molecule has 0 radical (unpaired) electrons. The molecule has 1 aromatic rings. The predicted octanol–water partition coefficient (Wildman–Crippen LogP) is 4.30. The Morgan fingerprint density at radius 3 is 1.95 bits per heavy atom. The van der Waals surface area contributed by atoms with Crippen LogP contribution in [0.3, 0.4) is 0 Å². The van der Waals surface area contributed by atoms with Gasteiger partial charge in [0.25, 0.3) is 0 Å². The van der Waals surface area contributed by atoms with Gasteiger partial charge >= 0.3 is 5.97 Å². The maximum atomic E-state index is 13.0. The van der Waals surface area contributed by atoms with Gasteiger partial charge in [0.05, 0.1) is 0 Å². The number of carboxylic acid groups (broad SMARTS) is 1. The molecule has 3 nitrogen and oxygen atoms in total. The molecule has 0 unspecified atom stereocenters. The van der Waals surface area contributed by atoms with Gasteiger partial charge in [-0.2, -0.15) is 0 Å². The van der Waals surface area contributed by atoms with Crippen molar-refractivity contribution in [3.8, 4) is 0 Å². The minimum atomic E-state index is -1.01. The summed E-state index contributed by atoms with van der Waals surface area (Å²) in [6.07, 6.45) is 2.09. The number of aliphatic carboxylic acids is 1. The monoisotopic (exact) mass is 293 g/mol. The Kier molecular flexibility index (Phi) is 3.77. The van der Waals surface area contributed by atoms with Gasteiger partial charge in [0.1, 0.15) is 11.4 Å². The molecule has 2 rings (SSSR count). The summed E-state index contributed by atoms with van der Waals surface area (Å²) in [6, 6.07) is 5.87. The lowest BCUT2D eigenvalue weighted by molar-refractivity contribution is -0.147. The predicted molar refractivity (Wildman–Crippen MR) is 81.8 cm³/mol. The van der Waals surface area contributed by atoms with E-state index < -0.39 is 11.5 Å². The molecule has 0 aromatic heterocycles. The third kappa shape index (κ3) is 3.55. The number of nitrogens with one attached hydrogen (secondary N) is 1. The number of anilines is 1. The number of hydrogen-bond donors (Lipinski definition) is 2. The van der Waals surface area contributed by atoms with Gasteiger partial charge in [0, 0.05) is 5.69 Å². The average molecular weight is 293 g/mol. The summed E-state index contributed by atoms with van der Waals surface area (Å²) in [4.78, 5) is 12.0. The lowest BCUT2D eigenvalue weighted by atomic mass is 9.58. The minimum absolute atomic E-state index is 0.0623. The van der Waals surface area contributed by atoms with Crippen molar-refractivity contribution in [2.75, 3.05) is 5.32 Å². The van der Waals surface area contributed by atoms with Crippen LogP contribution in [-0.2, 0) is 4.79 Å². The van der Waals surface area contributed by atoms with Gasteiger partial charge in [-0.25, -0.2) is 9.18 Å². The van der Waals surface area contributed by atoms with Crippen LogP contribution in [0.15, 0.2) is 24.3 Å². The van der Waals surface area contributed by atoms with E-state index in [2.05, 4.69) is 33.0 Å². The standard InChI is InChI=1S/C17H24FNO2/c1-15(2)9-16(3,4)11-17(10-15,14(20)21)19-13-7-5-12(18)6-8-13/h5-8,19H,9-11H2,1-4H3,(H,20,21). The van der Waals surface area contributed by atoms with Crippen LogP contribution in [-0.4, -0.2) is 16.6 Å². The third-order valence-corrected chi connectivity index (χ3v) is 4.15. The summed E-state index contributed by atoms with van der Waals surface area (Å²) >= 11 is 0. The summed E-state index contributed by atoms with van der Waals surface area (Å²) in [6.45, 7) is 8.44. The number of hydrogen-bond acceptors (Lipinski definition) is 2. The van der Waals surface area contributed by atoms with Crippen LogP contribution >= 0.6 is 0 Å². The highest BCUT2D eigenvalue weighted by molar-refractivity contribution is 5.83. The Bertz CT molecular complexity index is 518. The molecule has 1 saturated carbocycles. The highest BCUT2D eigenvalue weighted by atomic mass is 19.1. The smallest absolute Gasteiger partial charge is 0.329 e. The van der Waals surface area contributed by atoms with Crippen LogP contribution in [0.25, 0.3) is 0 Å². The van der Waals surface area contributed by atoms with Gasteiger partial charge in [-0.05, 0) is 54.4 Å². The maximum absolute atomic E-state index is 13.0. The zero-order chi connectivity index (χ0) is 15.9. The van der Waals surface area contributed by atoms with E-state index in [1.807, 2.05) is 0 Å². The van der Waals surface area contributed by atoms with Crippen LogP contribution in [0.1, 0.15) is 47.0 Å². The Labute approximate surface area is 125 Å². The van der Waals surface area contributed by atoms with E-state index in [4.69, 9.17) is 0 Å². The number of carbonyl (C=O) groups is 1. The molecule has 1 fully saturated rings. The summed E-state index contributed by atoms with van der Waals surface area (Å²) < 4.78 is 13.0. The quantitative estimate of drug-likeness (QED) is 0.873. The van der Waals surface area contributed by atoms with Crippen molar-refractivity contribution in [1.29, 1.82) is 0 Å². The maximum Gasteiger partial charge on any atom is 0.329 e. The molecular weight excluding hydrogens is 269 g/mol. The molecule has 0 amide bonds. The molecule has 116 valence electrons. The molecule has 1 aliphatic carbocycles. The molecule has 4 heteroatoms. The fourth-order valence-corrected chi connectivity index (χ4v) is 4.22. The first-order valence-corrected chi connectivity index (χ1v) is 7.31. The van der Waals surface area contributed by atoms with Gasteiger partial charge in [0.15, 0.2) is 0 Å². The Hall–Kier alpha value is -1.58. The van der Waals surface area contributed by atoms with Crippen LogP contribution in [0, 0.1) is 16.6 Å². The largest absolute Gasteiger partial charge is 0.480 e. The van der Waals surface area contributed by atoms with E-state index in [9.17, 15) is 14.3 Å². The molecule has 0 bridgehead atoms. The molecule has 1 aromatic carbocycles. The molecule has 0 heterocycles. The zero-order valence-electron chi connectivity index (χ0n) is 13.2. The second-order valence-corrected chi connectivity index (χ2v) is 7.88. The van der Waals surface area contributed by atoms with E-state index in [0.29, 0.717) is 18.5 Å². The molecule has 21 heavy (non-hydrogen) atoms. The SMILES string of the molecule is CC1(C)CC(C)(C)CC(Nc2ccc(F)cc2)(C(=O)O)C1. The first-order valence-electron chi connectivity index (χ1n) is 7.31. The molecule has 0 spiro atoms. The lowest BCUT2D eigenvalue weighted by Gasteiger charge is -2.50. The van der Waals surface area contributed by atoms with E-state index in [0.717, 1.165) is 6.42 Å². The summed E-state index contributed by atoms with van der Waals surface area (Å²) in [5, 5.41) is 13.0. The Morgan fingerprint density at radius 2 is 1.52 bits per heavy atom. The number of carboxylic acids is 1. The van der Waals surface area contributed by atoms with Crippen LogP contribution in [0.5, 0.6) is 0 Å². The van der Waals surface area contributed by atoms with Crippen molar-refractivity contribution in [3.63, 3.8) is 0 Å². The van der Waals surface area contributed by atoms with Gasteiger partial charge in [-0.3, -0.25) is 0 Å². The molecular formula is C17H24FNO2. The normalized spacial score (nSPS) is 22.5. The Balaban J connectivity index is 2.36. The van der Waals surface area contributed by atoms with E-state index in [-0.39, 0.29) is 16.6 Å². The first kappa shape index (κ1) is 15.8. The zero-order valence-corrected chi connectivity index (χ0v) is 13.2. The summed E-state index contributed by atoms with van der Waals surface area (Å²) in [5.74, 6) is -1.16. The average Bonchev–Trinajstić information content (AvgIpc) is 2.28. The van der Waals surface area contributed by atoms with Gasteiger partial charge in [-0.15, -0.1) is 0 Å².